The second-order valence-electron chi connectivity index (χ2n) is 10.5. The number of benzene rings is 1. The number of piperidine rings is 1. The van der Waals surface area contributed by atoms with Crippen LogP contribution in [0.15, 0.2) is 18.7 Å². The Morgan fingerprint density at radius 2 is 1.97 bits per heavy atom. The molecule has 0 unspecified atom stereocenters. The highest BCUT2D eigenvalue weighted by molar-refractivity contribution is 7.90. The van der Waals surface area contributed by atoms with E-state index in [0.29, 0.717) is 37.2 Å². The van der Waals surface area contributed by atoms with Crippen molar-refractivity contribution in [2.45, 2.75) is 70.1 Å². The molecule has 36 heavy (non-hydrogen) atoms. The van der Waals surface area contributed by atoms with Gasteiger partial charge in [0.05, 0.1) is 27.7 Å². The van der Waals surface area contributed by atoms with E-state index in [4.69, 9.17) is 49.0 Å². The maximum Gasteiger partial charge on any atom is 0.254 e. The highest BCUT2D eigenvalue weighted by atomic mass is 35.5. The third-order valence-electron chi connectivity index (χ3n) is 6.23. The fourth-order valence-corrected chi connectivity index (χ4v) is 5.90. The predicted octanol–water partition coefficient (Wildman–Crippen LogP) is 5.69. The maximum atomic E-state index is 13.2. The van der Waals surface area contributed by atoms with E-state index in [1.165, 1.54) is 0 Å². The molecule has 3 rings (SSSR count). The zero-order chi connectivity index (χ0) is 26.8. The summed E-state index contributed by atoms with van der Waals surface area (Å²) in [5, 5.41) is 0.729. The minimum atomic E-state index is -1.41. The summed E-state index contributed by atoms with van der Waals surface area (Å²) >= 11 is 18.1. The lowest BCUT2D eigenvalue weighted by Crippen LogP contribution is -2.48. The number of nitrogens with zero attached hydrogens (tertiary/aromatic N) is 1. The Hall–Kier alpha value is -0.710. The standard InChI is InChI=1S/C25H35Cl3N2O5S/c1-7-12-33-17-13-16(26)20(27)21(28)19(17)22(29-36(32)24(2,3)4)15-8-10-30(11-9-15)23(31)18-14-34-25(5,6)35-18/h7,13,15,18,22,29H,1,8-12,14H2,2-6H3/t18-,22-,36+/m1/s1. The van der Waals surface area contributed by atoms with Gasteiger partial charge in [-0.1, -0.05) is 47.5 Å². The average molecular weight is 582 g/mol. The van der Waals surface area contributed by atoms with Gasteiger partial charge in [0.2, 0.25) is 0 Å². The molecule has 1 N–H and O–H groups in total. The van der Waals surface area contributed by atoms with Crippen LogP contribution in [-0.4, -0.2) is 58.3 Å². The largest absolute Gasteiger partial charge is 0.598 e. The van der Waals surface area contributed by atoms with Crippen molar-refractivity contribution in [3.63, 3.8) is 0 Å². The lowest BCUT2D eigenvalue weighted by atomic mass is 9.85. The van der Waals surface area contributed by atoms with E-state index in [-0.39, 0.29) is 40.1 Å². The van der Waals surface area contributed by atoms with Gasteiger partial charge in [-0.15, -0.1) is 4.72 Å². The van der Waals surface area contributed by atoms with Crippen molar-refractivity contribution < 1.29 is 23.6 Å². The first kappa shape index (κ1) is 29.8. The van der Waals surface area contributed by atoms with Crippen LogP contribution in [0.5, 0.6) is 5.75 Å². The van der Waals surface area contributed by atoms with Crippen LogP contribution in [-0.2, 0) is 25.6 Å². The quantitative estimate of drug-likeness (QED) is 0.241. The summed E-state index contributed by atoms with van der Waals surface area (Å²) in [5.74, 6) is -0.394. The van der Waals surface area contributed by atoms with Crippen LogP contribution in [0.4, 0.5) is 0 Å². The first-order valence-electron chi connectivity index (χ1n) is 11.9. The molecule has 2 fully saturated rings. The molecule has 0 aliphatic carbocycles. The summed E-state index contributed by atoms with van der Waals surface area (Å²) < 4.78 is 33.2. The van der Waals surface area contributed by atoms with E-state index >= 15 is 0 Å². The predicted molar refractivity (Wildman–Crippen MR) is 145 cm³/mol. The third-order valence-corrected chi connectivity index (χ3v) is 9.08. The molecular formula is C25H35Cl3N2O5S. The summed E-state index contributed by atoms with van der Waals surface area (Å²) in [7, 11) is 0. The number of likely N-dealkylation sites (tertiary alicyclic amines) is 1. The molecule has 0 saturated carbocycles. The van der Waals surface area contributed by atoms with Gasteiger partial charge in [0.1, 0.15) is 17.1 Å². The van der Waals surface area contributed by atoms with Crippen LogP contribution < -0.4 is 9.46 Å². The van der Waals surface area contributed by atoms with Gasteiger partial charge < -0.3 is 23.7 Å². The SMILES string of the molecule is C=CCOc1cc(Cl)c(Cl)c(Cl)c1[C@H](N[S@@+]([O-])C(C)(C)C)C1CCN(C(=O)[C@H]2COC(C)(C)O2)CC1. The maximum absolute atomic E-state index is 13.2. The topological polar surface area (TPSA) is 83.1 Å². The number of rotatable bonds is 8. The third kappa shape index (κ3) is 7.03. The van der Waals surface area contributed by atoms with E-state index in [0.717, 1.165) is 0 Å². The number of carbonyl (C=O) groups excluding carboxylic acids is 1. The molecule has 0 aromatic heterocycles. The lowest BCUT2D eigenvalue weighted by Gasteiger charge is -2.39. The number of hydrogen-bond acceptors (Lipinski definition) is 6. The summed E-state index contributed by atoms with van der Waals surface area (Å²) in [5.41, 5.74) is 0.601. The van der Waals surface area contributed by atoms with Crippen molar-refractivity contribution in [3.05, 3.63) is 39.4 Å². The Balaban J connectivity index is 1.87. The van der Waals surface area contributed by atoms with E-state index in [1.807, 2.05) is 20.8 Å². The summed E-state index contributed by atoms with van der Waals surface area (Å²) in [6.07, 6.45) is 2.32. The van der Waals surface area contributed by atoms with Crippen LogP contribution in [0, 0.1) is 5.92 Å². The monoisotopic (exact) mass is 580 g/mol. The number of hydrogen-bond donors (Lipinski definition) is 1. The fraction of sp³-hybridized carbons (Fsp3) is 0.640. The molecule has 1 aromatic carbocycles. The molecule has 11 heteroatoms. The van der Waals surface area contributed by atoms with Gasteiger partial charge in [0.25, 0.3) is 5.91 Å². The highest BCUT2D eigenvalue weighted by Gasteiger charge is 2.42. The van der Waals surface area contributed by atoms with E-state index in [9.17, 15) is 9.35 Å². The van der Waals surface area contributed by atoms with Crippen LogP contribution >= 0.6 is 34.8 Å². The van der Waals surface area contributed by atoms with Gasteiger partial charge in [-0.05, 0) is 53.4 Å². The Kier molecular flexibility index (Phi) is 9.94. The molecule has 0 radical (unpaired) electrons. The van der Waals surface area contributed by atoms with Gasteiger partial charge in [-0.3, -0.25) is 4.79 Å². The molecule has 2 saturated heterocycles. The molecule has 2 aliphatic rings. The Labute approximate surface area is 232 Å². The van der Waals surface area contributed by atoms with Crippen LogP contribution in [0.2, 0.25) is 15.1 Å². The number of nitrogens with one attached hydrogen (secondary N) is 1. The minimum Gasteiger partial charge on any atom is -0.598 e. The van der Waals surface area contributed by atoms with Crippen molar-refractivity contribution in [2.24, 2.45) is 5.92 Å². The van der Waals surface area contributed by atoms with E-state index in [1.54, 1.807) is 30.9 Å². The van der Waals surface area contributed by atoms with E-state index in [2.05, 4.69) is 11.3 Å². The molecule has 2 heterocycles. The van der Waals surface area contributed by atoms with Crippen molar-refractivity contribution in [3.8, 4) is 5.75 Å². The van der Waals surface area contributed by atoms with Gasteiger partial charge >= 0.3 is 0 Å². The first-order chi connectivity index (χ1) is 16.7. The van der Waals surface area contributed by atoms with Gasteiger partial charge in [-0.25, -0.2) is 0 Å². The van der Waals surface area contributed by atoms with Crippen LogP contribution in [0.25, 0.3) is 0 Å². The van der Waals surface area contributed by atoms with E-state index < -0.39 is 34.0 Å². The van der Waals surface area contributed by atoms with Gasteiger partial charge in [0, 0.05) is 36.1 Å². The molecule has 1 aromatic rings. The molecular weight excluding hydrogens is 547 g/mol. The Morgan fingerprint density at radius 3 is 2.50 bits per heavy atom. The average Bonchev–Trinajstić information content (AvgIpc) is 3.18. The number of ether oxygens (including phenoxy) is 3. The smallest absolute Gasteiger partial charge is 0.254 e. The summed E-state index contributed by atoms with van der Waals surface area (Å²) in [4.78, 5) is 14.8. The number of amides is 1. The molecule has 0 bridgehead atoms. The second-order valence-corrected chi connectivity index (χ2v) is 13.6. The zero-order valence-electron chi connectivity index (χ0n) is 21.4. The van der Waals surface area contributed by atoms with Crippen molar-refractivity contribution >= 4 is 52.1 Å². The summed E-state index contributed by atoms with van der Waals surface area (Å²) in [6, 6.07) is 1.18. The molecule has 202 valence electrons. The molecule has 1 amide bonds. The fourth-order valence-electron chi connectivity index (χ4n) is 4.29. The first-order valence-corrected chi connectivity index (χ1v) is 14.2. The van der Waals surface area contributed by atoms with Crippen molar-refractivity contribution in [1.29, 1.82) is 0 Å². The molecule has 2 aliphatic heterocycles. The minimum absolute atomic E-state index is 0.00152. The lowest BCUT2D eigenvalue weighted by molar-refractivity contribution is -0.161. The molecule has 0 spiro atoms. The van der Waals surface area contributed by atoms with Gasteiger partial charge in [0.15, 0.2) is 11.9 Å². The summed E-state index contributed by atoms with van der Waals surface area (Å²) in [6.45, 7) is 14.5. The normalized spacial score (nSPS) is 22.4. The van der Waals surface area contributed by atoms with Gasteiger partial charge in [-0.2, -0.15) is 0 Å². The second kappa shape index (κ2) is 12.0. The van der Waals surface area contributed by atoms with Crippen molar-refractivity contribution in [2.75, 3.05) is 26.3 Å². The van der Waals surface area contributed by atoms with Crippen LogP contribution in [0.3, 0.4) is 0 Å². The van der Waals surface area contributed by atoms with Crippen LogP contribution in [0.1, 0.15) is 59.1 Å². The number of halogens is 3. The highest BCUT2D eigenvalue weighted by Crippen LogP contribution is 2.46. The Morgan fingerprint density at radius 1 is 1.33 bits per heavy atom. The van der Waals surface area contributed by atoms with Crippen molar-refractivity contribution in [1.82, 2.24) is 9.62 Å². The number of carbonyl (C=O) groups is 1. The molecule has 3 atom stereocenters. The Bertz CT molecular complexity index is 964. The zero-order valence-corrected chi connectivity index (χ0v) is 24.5. The molecule has 7 nitrogen and oxygen atoms in total.